The van der Waals surface area contributed by atoms with Crippen molar-refractivity contribution in [3.8, 4) is 33.4 Å². The number of nitrogens with zero attached hydrogens (tertiary/aromatic N) is 1. The van der Waals surface area contributed by atoms with Gasteiger partial charge in [0.05, 0.1) is 11.1 Å². The minimum atomic E-state index is -0.517. The van der Waals surface area contributed by atoms with Crippen LogP contribution in [0.25, 0.3) is 33.4 Å². The molecule has 3 aliphatic rings. The molecular weight excluding hydrogens is 747 g/mol. The molecule has 0 heterocycles. The average molecular weight is 802 g/mol. The van der Waals surface area contributed by atoms with E-state index in [2.05, 4.69) is 222 Å². The van der Waals surface area contributed by atoms with Crippen LogP contribution < -0.4 is 4.90 Å². The van der Waals surface area contributed by atoms with E-state index in [1.807, 2.05) is 0 Å². The fraction of sp³-hybridized carbons (Fsp3) is 0.213. The van der Waals surface area contributed by atoms with Gasteiger partial charge in [-0.3, -0.25) is 0 Å². The van der Waals surface area contributed by atoms with Crippen molar-refractivity contribution >= 4 is 17.1 Å². The molecule has 0 amide bonds. The van der Waals surface area contributed by atoms with Gasteiger partial charge in [-0.15, -0.1) is 0 Å². The van der Waals surface area contributed by atoms with Gasteiger partial charge in [-0.1, -0.05) is 187 Å². The average Bonchev–Trinajstić information content (AvgIpc) is 3.56. The Kier molecular flexibility index (Phi) is 8.89. The van der Waals surface area contributed by atoms with Gasteiger partial charge in [0.25, 0.3) is 0 Å². The second kappa shape index (κ2) is 14.3. The summed E-state index contributed by atoms with van der Waals surface area (Å²) in [4.78, 5) is 2.55. The summed E-state index contributed by atoms with van der Waals surface area (Å²) in [6.45, 7) is 14.2. The molecule has 0 saturated heterocycles. The summed E-state index contributed by atoms with van der Waals surface area (Å²) in [6.07, 6.45) is 4.62. The molecule has 8 aromatic carbocycles. The van der Waals surface area contributed by atoms with Crippen LogP contribution in [0.4, 0.5) is 17.1 Å². The maximum atomic E-state index is 2.60. The highest BCUT2D eigenvalue weighted by molar-refractivity contribution is 5.98. The Balaban J connectivity index is 1.24. The predicted molar refractivity (Wildman–Crippen MR) is 262 cm³/mol. The van der Waals surface area contributed by atoms with Crippen molar-refractivity contribution in [2.24, 2.45) is 0 Å². The SMILES string of the molecule is CC(C)(C)c1ccc2c(c1)C(c1ccc3c(c1)CC3)(c1ccc3c(c1)CC3)c1cc(C(C)(C)C)cc(N(c3ccc(-c4ccccc4)cc3)c3ccc(-c4ccccc4)cc3)c1-2. The third-order valence-electron chi connectivity index (χ3n) is 14.3. The summed E-state index contributed by atoms with van der Waals surface area (Å²) >= 11 is 0. The van der Waals surface area contributed by atoms with Crippen LogP contribution >= 0.6 is 0 Å². The van der Waals surface area contributed by atoms with Crippen LogP contribution in [-0.4, -0.2) is 0 Å². The molecule has 11 rings (SSSR count). The fourth-order valence-electron chi connectivity index (χ4n) is 10.4. The summed E-state index contributed by atoms with van der Waals surface area (Å²) < 4.78 is 0. The quantitative estimate of drug-likeness (QED) is 0.155. The molecule has 8 aromatic rings. The van der Waals surface area contributed by atoms with E-state index in [0.29, 0.717) is 0 Å². The molecule has 62 heavy (non-hydrogen) atoms. The molecule has 0 aliphatic heterocycles. The molecule has 0 N–H and O–H groups in total. The Morgan fingerprint density at radius 2 is 0.839 bits per heavy atom. The van der Waals surface area contributed by atoms with Crippen molar-refractivity contribution in [2.45, 2.75) is 83.5 Å². The van der Waals surface area contributed by atoms with Crippen molar-refractivity contribution in [1.82, 2.24) is 0 Å². The molecule has 304 valence electrons. The zero-order valence-corrected chi connectivity index (χ0v) is 37.0. The van der Waals surface area contributed by atoms with Crippen LogP contribution in [0.2, 0.25) is 0 Å². The van der Waals surface area contributed by atoms with Crippen molar-refractivity contribution in [3.63, 3.8) is 0 Å². The number of benzene rings is 8. The van der Waals surface area contributed by atoms with Gasteiger partial charge in [-0.25, -0.2) is 0 Å². The van der Waals surface area contributed by atoms with Crippen LogP contribution in [-0.2, 0) is 41.9 Å². The highest BCUT2D eigenvalue weighted by Crippen LogP contribution is 2.61. The molecule has 0 bridgehead atoms. The summed E-state index contributed by atoms with van der Waals surface area (Å²) in [5.41, 5.74) is 24.5. The third-order valence-corrected chi connectivity index (χ3v) is 14.3. The van der Waals surface area contributed by atoms with Gasteiger partial charge < -0.3 is 4.90 Å². The molecule has 1 heteroatoms. The first-order valence-electron chi connectivity index (χ1n) is 22.7. The number of aryl methyl sites for hydroxylation is 4. The molecule has 0 spiro atoms. The first-order chi connectivity index (χ1) is 30.0. The molecule has 0 unspecified atom stereocenters. The maximum Gasteiger partial charge on any atom is 0.0714 e. The van der Waals surface area contributed by atoms with Crippen LogP contribution in [0.1, 0.15) is 97.2 Å². The smallest absolute Gasteiger partial charge is 0.0714 e. The zero-order valence-electron chi connectivity index (χ0n) is 37.0. The largest absolute Gasteiger partial charge is 0.310 e. The van der Waals surface area contributed by atoms with E-state index in [1.54, 1.807) is 0 Å². The number of fused-ring (bicyclic) bond motifs is 5. The van der Waals surface area contributed by atoms with Crippen molar-refractivity contribution in [3.05, 3.63) is 232 Å². The fourth-order valence-corrected chi connectivity index (χ4v) is 10.4. The molecule has 0 saturated carbocycles. The molecular formula is C61H55N. The van der Waals surface area contributed by atoms with Crippen LogP contribution in [0.15, 0.2) is 176 Å². The van der Waals surface area contributed by atoms with Crippen molar-refractivity contribution in [1.29, 1.82) is 0 Å². The lowest BCUT2D eigenvalue weighted by Crippen LogP contribution is -2.31. The Morgan fingerprint density at radius 3 is 1.27 bits per heavy atom. The minimum absolute atomic E-state index is 0.0249. The molecule has 0 aromatic heterocycles. The highest BCUT2D eigenvalue weighted by atomic mass is 15.1. The van der Waals surface area contributed by atoms with E-state index in [4.69, 9.17) is 0 Å². The Labute approximate surface area is 368 Å². The van der Waals surface area contributed by atoms with Gasteiger partial charge in [0.2, 0.25) is 0 Å². The number of hydrogen-bond acceptors (Lipinski definition) is 1. The minimum Gasteiger partial charge on any atom is -0.310 e. The van der Waals surface area contributed by atoms with E-state index in [-0.39, 0.29) is 10.8 Å². The summed E-state index contributed by atoms with van der Waals surface area (Å²) in [5, 5.41) is 0. The van der Waals surface area contributed by atoms with E-state index in [0.717, 1.165) is 24.2 Å². The van der Waals surface area contributed by atoms with Gasteiger partial charge in [0.15, 0.2) is 0 Å². The van der Waals surface area contributed by atoms with Crippen molar-refractivity contribution < 1.29 is 0 Å². The molecule has 3 aliphatic carbocycles. The van der Waals surface area contributed by atoms with E-state index < -0.39 is 5.41 Å². The van der Waals surface area contributed by atoms with Gasteiger partial charge >= 0.3 is 0 Å². The zero-order chi connectivity index (χ0) is 42.4. The van der Waals surface area contributed by atoms with Gasteiger partial charge in [-0.2, -0.15) is 0 Å². The van der Waals surface area contributed by atoms with Crippen molar-refractivity contribution in [2.75, 3.05) is 4.90 Å². The standard InChI is InChI=1S/C61H55N/c1-59(2,3)48-29-34-54-55(37-48)61(49-27-21-44-17-19-46(44)35-49,50-28-22-45-18-20-47(45)36-50)56-38-51(60(4,5)6)39-57(58(54)56)62(52-30-23-42(24-31-52)40-13-9-7-10-14-40)53-32-25-43(26-33-53)41-15-11-8-12-16-41/h7-16,21-39H,17-20H2,1-6H3. The lowest BCUT2D eigenvalue weighted by molar-refractivity contribution is 0.586. The molecule has 0 atom stereocenters. The first kappa shape index (κ1) is 38.5. The number of rotatable bonds is 7. The summed E-state index contributed by atoms with van der Waals surface area (Å²) in [7, 11) is 0. The lowest BCUT2D eigenvalue weighted by atomic mass is 9.64. The molecule has 0 fully saturated rings. The van der Waals surface area contributed by atoms with Gasteiger partial charge in [-0.05, 0) is 150 Å². The van der Waals surface area contributed by atoms with E-state index in [9.17, 15) is 0 Å². The molecule has 1 nitrogen and oxygen atoms in total. The van der Waals surface area contributed by atoms with Crippen LogP contribution in [0, 0.1) is 0 Å². The topological polar surface area (TPSA) is 3.24 Å². The Morgan fingerprint density at radius 1 is 0.387 bits per heavy atom. The van der Waals surface area contributed by atoms with Crippen LogP contribution in [0.3, 0.4) is 0 Å². The second-order valence-electron chi connectivity index (χ2n) is 20.1. The number of hydrogen-bond donors (Lipinski definition) is 0. The first-order valence-corrected chi connectivity index (χ1v) is 22.7. The summed E-state index contributed by atoms with van der Waals surface area (Å²) in [6, 6.07) is 67.5. The summed E-state index contributed by atoms with van der Waals surface area (Å²) in [5.74, 6) is 0. The Hall–Kier alpha value is -6.44. The predicted octanol–water partition coefficient (Wildman–Crippen LogP) is 15.6. The monoisotopic (exact) mass is 801 g/mol. The van der Waals surface area contributed by atoms with Crippen LogP contribution in [0.5, 0.6) is 0 Å². The highest BCUT2D eigenvalue weighted by Gasteiger charge is 2.49. The maximum absolute atomic E-state index is 2.60. The lowest BCUT2D eigenvalue weighted by Gasteiger charge is -2.38. The number of anilines is 3. The second-order valence-corrected chi connectivity index (χ2v) is 20.1. The van der Waals surface area contributed by atoms with E-state index in [1.165, 1.54) is 108 Å². The Bertz CT molecular complexity index is 2850. The molecule has 0 radical (unpaired) electrons. The van der Waals surface area contributed by atoms with Gasteiger partial charge in [0.1, 0.15) is 0 Å². The van der Waals surface area contributed by atoms with E-state index >= 15 is 0 Å². The van der Waals surface area contributed by atoms with Gasteiger partial charge in [0, 0.05) is 16.9 Å². The third kappa shape index (κ3) is 6.19. The normalized spacial score (nSPS) is 14.5.